The highest BCUT2D eigenvalue weighted by molar-refractivity contribution is 5.29. The molecule has 0 saturated carbocycles. The molecule has 1 aromatic carbocycles. The predicted octanol–water partition coefficient (Wildman–Crippen LogP) is 2.92. The number of rotatable bonds is 8. The zero-order valence-corrected chi connectivity index (χ0v) is 12.1. The van der Waals surface area contributed by atoms with E-state index in [1.54, 1.807) is 7.11 Å². The van der Waals surface area contributed by atoms with Crippen LogP contribution in [-0.4, -0.2) is 24.9 Å². The van der Waals surface area contributed by atoms with Crippen molar-refractivity contribution >= 4 is 0 Å². The van der Waals surface area contributed by atoms with Gasteiger partial charge in [0.05, 0.1) is 13.7 Å². The lowest BCUT2D eigenvalue weighted by molar-refractivity contribution is 0.199. The highest BCUT2D eigenvalue weighted by atomic mass is 16.5. The van der Waals surface area contributed by atoms with Crippen LogP contribution in [0.3, 0.4) is 0 Å². The van der Waals surface area contributed by atoms with E-state index in [2.05, 4.69) is 37.9 Å². The maximum Gasteiger partial charge on any atom is 0.118 e. The molecule has 0 amide bonds. The number of ether oxygens (including phenoxy) is 1. The first-order valence-corrected chi connectivity index (χ1v) is 6.74. The van der Waals surface area contributed by atoms with Gasteiger partial charge in [-0.25, -0.2) is 0 Å². The van der Waals surface area contributed by atoms with E-state index in [0.717, 1.165) is 12.2 Å². The van der Waals surface area contributed by atoms with Crippen molar-refractivity contribution in [1.29, 1.82) is 0 Å². The van der Waals surface area contributed by atoms with Crippen LogP contribution in [0.15, 0.2) is 36.9 Å². The first-order valence-electron chi connectivity index (χ1n) is 6.74. The summed E-state index contributed by atoms with van der Waals surface area (Å²) in [6, 6.07) is 8.27. The molecule has 0 fully saturated rings. The van der Waals surface area contributed by atoms with Gasteiger partial charge in [-0.05, 0) is 30.0 Å². The fourth-order valence-electron chi connectivity index (χ4n) is 2.02. The summed E-state index contributed by atoms with van der Waals surface area (Å²) in [4.78, 5) is 0. The van der Waals surface area contributed by atoms with Gasteiger partial charge < -0.3 is 15.2 Å². The van der Waals surface area contributed by atoms with Gasteiger partial charge in [-0.3, -0.25) is 0 Å². The van der Waals surface area contributed by atoms with Gasteiger partial charge >= 0.3 is 0 Å². The molecule has 0 bridgehead atoms. The minimum absolute atomic E-state index is 0.0899. The van der Waals surface area contributed by atoms with Gasteiger partial charge in [0.15, 0.2) is 0 Å². The molecule has 0 spiro atoms. The highest BCUT2D eigenvalue weighted by Gasteiger charge is 2.18. The van der Waals surface area contributed by atoms with E-state index < -0.39 is 0 Å². The monoisotopic (exact) mass is 263 g/mol. The van der Waals surface area contributed by atoms with Crippen LogP contribution in [0.5, 0.6) is 5.75 Å². The molecule has 2 atom stereocenters. The average molecular weight is 263 g/mol. The molecule has 0 aliphatic heterocycles. The van der Waals surface area contributed by atoms with Gasteiger partial charge in [0.25, 0.3) is 0 Å². The van der Waals surface area contributed by atoms with E-state index in [0.29, 0.717) is 5.92 Å². The van der Waals surface area contributed by atoms with Crippen molar-refractivity contribution in [1.82, 2.24) is 5.32 Å². The number of hydrogen-bond donors (Lipinski definition) is 2. The lowest BCUT2D eigenvalue weighted by Gasteiger charge is -2.27. The summed E-state index contributed by atoms with van der Waals surface area (Å²) < 4.78 is 5.17. The summed E-state index contributed by atoms with van der Waals surface area (Å²) in [6.07, 6.45) is 2.73. The molecule has 3 heteroatoms. The average Bonchev–Trinajstić information content (AvgIpc) is 2.43. The van der Waals surface area contributed by atoms with Crippen LogP contribution in [0.4, 0.5) is 0 Å². The van der Waals surface area contributed by atoms with Crippen molar-refractivity contribution in [3.05, 3.63) is 42.5 Å². The van der Waals surface area contributed by atoms with Crippen LogP contribution in [0, 0.1) is 5.92 Å². The molecule has 0 aliphatic carbocycles. The molecule has 0 heterocycles. The van der Waals surface area contributed by atoms with Gasteiger partial charge in [0, 0.05) is 12.1 Å². The standard InChI is InChI=1S/C16H25NO2/c1-5-6-15(17-16(11-18)12(2)3)13-7-9-14(19-4)10-8-13/h5,7-10,12,15-18H,1,6,11H2,2-4H3/t15-,16+/m0/s1. The van der Waals surface area contributed by atoms with Crippen LogP contribution in [0.25, 0.3) is 0 Å². The van der Waals surface area contributed by atoms with E-state index in [9.17, 15) is 5.11 Å². The number of aliphatic hydroxyl groups excluding tert-OH is 1. The first-order chi connectivity index (χ1) is 9.12. The maximum absolute atomic E-state index is 9.43. The minimum atomic E-state index is 0.0899. The Labute approximate surface area is 116 Å². The molecule has 0 unspecified atom stereocenters. The fourth-order valence-corrected chi connectivity index (χ4v) is 2.02. The summed E-state index contributed by atoms with van der Waals surface area (Å²) in [5.41, 5.74) is 1.18. The van der Waals surface area contributed by atoms with Gasteiger partial charge in [0.2, 0.25) is 0 Å². The summed E-state index contributed by atoms with van der Waals surface area (Å²) in [5, 5.41) is 12.9. The van der Waals surface area contributed by atoms with Gasteiger partial charge in [0.1, 0.15) is 5.75 Å². The Morgan fingerprint density at radius 1 is 1.32 bits per heavy atom. The van der Waals surface area contributed by atoms with Crippen LogP contribution in [0.1, 0.15) is 31.9 Å². The Kier molecular flexibility index (Phi) is 6.60. The maximum atomic E-state index is 9.43. The molecular formula is C16H25NO2. The predicted molar refractivity (Wildman–Crippen MR) is 79.4 cm³/mol. The van der Waals surface area contributed by atoms with E-state index >= 15 is 0 Å². The molecule has 1 rings (SSSR count). The molecule has 1 aromatic rings. The lowest BCUT2D eigenvalue weighted by atomic mass is 9.99. The molecule has 0 aliphatic rings. The minimum Gasteiger partial charge on any atom is -0.497 e. The van der Waals surface area contributed by atoms with Gasteiger partial charge in [-0.1, -0.05) is 32.1 Å². The smallest absolute Gasteiger partial charge is 0.118 e. The van der Waals surface area contributed by atoms with E-state index in [4.69, 9.17) is 4.74 Å². The van der Waals surface area contributed by atoms with Crippen molar-refractivity contribution in [3.63, 3.8) is 0 Å². The van der Waals surface area contributed by atoms with Crippen LogP contribution < -0.4 is 10.1 Å². The number of hydrogen-bond acceptors (Lipinski definition) is 3. The van der Waals surface area contributed by atoms with Crippen LogP contribution >= 0.6 is 0 Å². The van der Waals surface area contributed by atoms with Crippen molar-refractivity contribution < 1.29 is 9.84 Å². The topological polar surface area (TPSA) is 41.5 Å². The summed E-state index contributed by atoms with van der Waals surface area (Å²) in [6.45, 7) is 8.16. The Hall–Kier alpha value is -1.32. The second-order valence-corrected chi connectivity index (χ2v) is 5.05. The highest BCUT2D eigenvalue weighted by Crippen LogP contribution is 2.22. The Morgan fingerprint density at radius 2 is 1.95 bits per heavy atom. The summed E-state index contributed by atoms with van der Waals surface area (Å²) >= 11 is 0. The van der Waals surface area contributed by atoms with E-state index in [-0.39, 0.29) is 18.7 Å². The van der Waals surface area contributed by atoms with Crippen molar-refractivity contribution in [2.24, 2.45) is 5.92 Å². The number of aliphatic hydroxyl groups is 1. The Bertz CT molecular complexity index is 373. The summed E-state index contributed by atoms with van der Waals surface area (Å²) in [7, 11) is 1.66. The quantitative estimate of drug-likeness (QED) is 0.709. The third-order valence-corrected chi connectivity index (χ3v) is 3.34. The zero-order chi connectivity index (χ0) is 14.3. The zero-order valence-electron chi connectivity index (χ0n) is 12.1. The van der Waals surface area contributed by atoms with Gasteiger partial charge in [-0.15, -0.1) is 6.58 Å². The molecule has 106 valence electrons. The largest absolute Gasteiger partial charge is 0.497 e. The molecule has 19 heavy (non-hydrogen) atoms. The van der Waals surface area contributed by atoms with Crippen molar-refractivity contribution in [2.75, 3.05) is 13.7 Å². The van der Waals surface area contributed by atoms with Crippen molar-refractivity contribution in [3.8, 4) is 5.75 Å². The number of nitrogens with one attached hydrogen (secondary N) is 1. The molecule has 0 radical (unpaired) electrons. The lowest BCUT2D eigenvalue weighted by Crippen LogP contribution is -2.39. The second kappa shape index (κ2) is 7.97. The third-order valence-electron chi connectivity index (χ3n) is 3.34. The molecule has 3 nitrogen and oxygen atoms in total. The Morgan fingerprint density at radius 3 is 2.37 bits per heavy atom. The van der Waals surface area contributed by atoms with Crippen molar-refractivity contribution in [2.45, 2.75) is 32.4 Å². The van der Waals surface area contributed by atoms with Crippen LogP contribution in [0.2, 0.25) is 0 Å². The normalized spacial score (nSPS) is 14.2. The fraction of sp³-hybridized carbons (Fsp3) is 0.500. The third kappa shape index (κ3) is 4.69. The molecule has 0 aromatic heterocycles. The molecule has 2 N–H and O–H groups in total. The SMILES string of the molecule is C=CC[C@H](N[C@H](CO)C(C)C)c1ccc(OC)cc1. The Balaban J connectivity index is 2.82. The first kappa shape index (κ1) is 15.7. The molecular weight excluding hydrogens is 238 g/mol. The number of benzene rings is 1. The number of methoxy groups -OCH3 is 1. The van der Waals surface area contributed by atoms with E-state index in [1.165, 1.54) is 5.56 Å². The summed E-state index contributed by atoms with van der Waals surface area (Å²) in [5.74, 6) is 1.24. The van der Waals surface area contributed by atoms with E-state index in [1.807, 2.05) is 18.2 Å². The van der Waals surface area contributed by atoms with Gasteiger partial charge in [-0.2, -0.15) is 0 Å². The van der Waals surface area contributed by atoms with Crippen LogP contribution in [-0.2, 0) is 0 Å². The molecule has 0 saturated heterocycles. The second-order valence-electron chi connectivity index (χ2n) is 5.05.